The van der Waals surface area contributed by atoms with Crippen molar-refractivity contribution >= 4 is 5.97 Å². The van der Waals surface area contributed by atoms with Crippen molar-refractivity contribution in [2.45, 2.75) is 31.6 Å². The van der Waals surface area contributed by atoms with E-state index < -0.39 is 5.97 Å². The number of likely N-dealkylation sites (tertiary alicyclic amines) is 1. The Morgan fingerprint density at radius 2 is 2.24 bits per heavy atom. The average molecular weight is 239 g/mol. The molecule has 1 N–H and O–H groups in total. The van der Waals surface area contributed by atoms with E-state index in [1.807, 2.05) is 0 Å². The van der Waals surface area contributed by atoms with Crippen LogP contribution in [0.5, 0.6) is 0 Å². The molecule has 0 aromatic carbocycles. The predicted molar refractivity (Wildman–Crippen MR) is 59.7 cm³/mol. The van der Waals surface area contributed by atoms with Crippen LogP contribution in [-0.4, -0.2) is 46.3 Å². The smallest absolute Gasteiger partial charge is 0.303 e. The number of nitrogens with zero attached hydrogens (tertiary/aromatic N) is 3. The van der Waals surface area contributed by atoms with Crippen LogP contribution in [0.25, 0.3) is 0 Å². The molecule has 1 saturated heterocycles. The van der Waals surface area contributed by atoms with Gasteiger partial charge >= 0.3 is 5.97 Å². The standard InChI is InChI=1S/C11H17N3O3/c1-14-6-4-8(5-7-14)11-12-9(17-13-11)2-3-10(15)16/h8H,2-7H2,1H3,(H,15,16). The third-order valence-electron chi connectivity index (χ3n) is 3.12. The molecule has 2 rings (SSSR count). The first kappa shape index (κ1) is 12.0. The van der Waals surface area contributed by atoms with Crippen molar-refractivity contribution in [1.29, 1.82) is 0 Å². The summed E-state index contributed by atoms with van der Waals surface area (Å²) in [6.45, 7) is 2.09. The normalized spacial score (nSPS) is 18.4. The van der Waals surface area contributed by atoms with Crippen molar-refractivity contribution in [2.24, 2.45) is 0 Å². The van der Waals surface area contributed by atoms with Crippen molar-refractivity contribution in [3.8, 4) is 0 Å². The van der Waals surface area contributed by atoms with Crippen LogP contribution in [0.2, 0.25) is 0 Å². The third-order valence-corrected chi connectivity index (χ3v) is 3.12. The lowest BCUT2D eigenvalue weighted by Gasteiger charge is -2.26. The van der Waals surface area contributed by atoms with Crippen LogP contribution in [0.4, 0.5) is 0 Å². The summed E-state index contributed by atoms with van der Waals surface area (Å²) in [7, 11) is 2.10. The number of carbonyl (C=O) groups is 1. The van der Waals surface area contributed by atoms with Crippen molar-refractivity contribution in [1.82, 2.24) is 15.0 Å². The molecule has 1 fully saturated rings. The maximum absolute atomic E-state index is 10.4. The molecular formula is C11H17N3O3. The molecule has 6 heteroatoms. The second-order valence-corrected chi connectivity index (χ2v) is 4.52. The van der Waals surface area contributed by atoms with Gasteiger partial charge < -0.3 is 14.5 Å². The van der Waals surface area contributed by atoms with E-state index in [1.165, 1.54) is 0 Å². The molecule has 0 aliphatic carbocycles. The van der Waals surface area contributed by atoms with Crippen molar-refractivity contribution in [3.05, 3.63) is 11.7 Å². The molecule has 0 atom stereocenters. The van der Waals surface area contributed by atoms with Gasteiger partial charge in [-0.25, -0.2) is 0 Å². The first-order valence-electron chi connectivity index (χ1n) is 5.88. The quantitative estimate of drug-likeness (QED) is 0.840. The van der Waals surface area contributed by atoms with E-state index in [0.29, 0.717) is 18.2 Å². The Labute approximate surface area is 99.6 Å². The first-order valence-corrected chi connectivity index (χ1v) is 5.88. The number of aliphatic carboxylic acids is 1. The number of piperidine rings is 1. The summed E-state index contributed by atoms with van der Waals surface area (Å²) in [6, 6.07) is 0. The van der Waals surface area contributed by atoms with Crippen LogP contribution in [0, 0.1) is 0 Å². The summed E-state index contributed by atoms with van der Waals surface area (Å²) >= 11 is 0. The molecule has 17 heavy (non-hydrogen) atoms. The topological polar surface area (TPSA) is 79.5 Å². The van der Waals surface area contributed by atoms with E-state index in [1.54, 1.807) is 0 Å². The highest BCUT2D eigenvalue weighted by molar-refractivity contribution is 5.66. The zero-order chi connectivity index (χ0) is 12.3. The minimum absolute atomic E-state index is 0.0367. The Morgan fingerprint density at radius 3 is 2.88 bits per heavy atom. The molecule has 0 saturated carbocycles. The van der Waals surface area contributed by atoms with Crippen LogP contribution >= 0.6 is 0 Å². The Balaban J connectivity index is 1.91. The number of aromatic nitrogens is 2. The van der Waals surface area contributed by atoms with E-state index in [2.05, 4.69) is 22.1 Å². The molecule has 0 amide bonds. The van der Waals surface area contributed by atoms with Gasteiger partial charge in [-0.1, -0.05) is 5.16 Å². The average Bonchev–Trinajstić information content (AvgIpc) is 2.76. The van der Waals surface area contributed by atoms with E-state index >= 15 is 0 Å². The molecular weight excluding hydrogens is 222 g/mol. The summed E-state index contributed by atoms with van der Waals surface area (Å²) in [5, 5.41) is 12.5. The first-order chi connectivity index (χ1) is 8.15. The van der Waals surface area contributed by atoms with Crippen LogP contribution in [0.1, 0.15) is 36.9 Å². The fraction of sp³-hybridized carbons (Fsp3) is 0.727. The largest absolute Gasteiger partial charge is 0.481 e. The summed E-state index contributed by atoms with van der Waals surface area (Å²) in [5.41, 5.74) is 0. The van der Waals surface area contributed by atoms with Gasteiger partial charge in [0.05, 0.1) is 6.42 Å². The summed E-state index contributed by atoms with van der Waals surface area (Å²) in [6.07, 6.45) is 2.42. The van der Waals surface area contributed by atoms with Gasteiger partial charge in [-0.2, -0.15) is 4.98 Å². The highest BCUT2D eigenvalue weighted by atomic mass is 16.5. The van der Waals surface area contributed by atoms with E-state index in [0.717, 1.165) is 31.8 Å². The lowest BCUT2D eigenvalue weighted by atomic mass is 9.97. The van der Waals surface area contributed by atoms with Gasteiger partial charge in [0, 0.05) is 12.3 Å². The zero-order valence-electron chi connectivity index (χ0n) is 9.93. The highest BCUT2D eigenvalue weighted by Crippen LogP contribution is 2.25. The number of carboxylic acids is 1. The van der Waals surface area contributed by atoms with Crippen LogP contribution in [0.3, 0.4) is 0 Å². The molecule has 2 heterocycles. The van der Waals surface area contributed by atoms with E-state index in [-0.39, 0.29) is 6.42 Å². The molecule has 0 bridgehead atoms. The van der Waals surface area contributed by atoms with E-state index in [4.69, 9.17) is 9.63 Å². The van der Waals surface area contributed by atoms with Crippen molar-refractivity contribution < 1.29 is 14.4 Å². The molecule has 1 aromatic heterocycles. The lowest BCUT2D eigenvalue weighted by molar-refractivity contribution is -0.137. The van der Waals surface area contributed by atoms with Gasteiger partial charge in [-0.3, -0.25) is 4.79 Å². The number of hydrogen-bond donors (Lipinski definition) is 1. The van der Waals surface area contributed by atoms with E-state index in [9.17, 15) is 4.79 Å². The Kier molecular flexibility index (Phi) is 3.73. The summed E-state index contributed by atoms with van der Waals surface area (Å²) < 4.78 is 5.06. The fourth-order valence-corrected chi connectivity index (χ4v) is 2.02. The van der Waals surface area contributed by atoms with Gasteiger partial charge in [0.1, 0.15) is 0 Å². The molecule has 1 aliphatic heterocycles. The second kappa shape index (κ2) is 5.27. The SMILES string of the molecule is CN1CCC(c2noc(CCC(=O)O)n2)CC1. The monoisotopic (exact) mass is 239 g/mol. The predicted octanol–water partition coefficient (Wildman–Crippen LogP) is 0.896. The molecule has 6 nitrogen and oxygen atoms in total. The number of rotatable bonds is 4. The van der Waals surface area contributed by atoms with Gasteiger partial charge in [-0.05, 0) is 33.0 Å². The van der Waals surface area contributed by atoms with Crippen LogP contribution in [0.15, 0.2) is 4.52 Å². The van der Waals surface area contributed by atoms with Crippen molar-refractivity contribution in [3.63, 3.8) is 0 Å². The Bertz CT molecular complexity index is 383. The number of hydrogen-bond acceptors (Lipinski definition) is 5. The highest BCUT2D eigenvalue weighted by Gasteiger charge is 2.22. The molecule has 0 spiro atoms. The van der Waals surface area contributed by atoms with Crippen LogP contribution in [-0.2, 0) is 11.2 Å². The Hall–Kier alpha value is -1.43. The fourth-order valence-electron chi connectivity index (χ4n) is 2.02. The van der Waals surface area contributed by atoms with Gasteiger partial charge in [0.2, 0.25) is 5.89 Å². The summed E-state index contributed by atoms with van der Waals surface area (Å²) in [4.78, 5) is 17.0. The van der Waals surface area contributed by atoms with Gasteiger partial charge in [0.25, 0.3) is 0 Å². The Morgan fingerprint density at radius 1 is 1.53 bits per heavy atom. The number of carboxylic acid groups (broad SMARTS) is 1. The molecule has 0 unspecified atom stereocenters. The lowest BCUT2D eigenvalue weighted by Crippen LogP contribution is -2.29. The molecule has 1 aliphatic rings. The number of aryl methyl sites for hydroxylation is 1. The zero-order valence-corrected chi connectivity index (χ0v) is 9.93. The molecule has 94 valence electrons. The minimum Gasteiger partial charge on any atom is -0.481 e. The summed E-state index contributed by atoms with van der Waals surface area (Å²) in [5.74, 6) is 0.678. The minimum atomic E-state index is -0.843. The van der Waals surface area contributed by atoms with Gasteiger partial charge in [-0.15, -0.1) is 0 Å². The van der Waals surface area contributed by atoms with Gasteiger partial charge in [0.15, 0.2) is 5.82 Å². The molecule has 0 radical (unpaired) electrons. The van der Waals surface area contributed by atoms with Crippen LogP contribution < -0.4 is 0 Å². The maximum Gasteiger partial charge on any atom is 0.303 e. The third kappa shape index (κ3) is 3.26. The maximum atomic E-state index is 10.4. The second-order valence-electron chi connectivity index (χ2n) is 4.52. The van der Waals surface area contributed by atoms with Crippen molar-refractivity contribution in [2.75, 3.05) is 20.1 Å². The molecule has 1 aromatic rings.